The minimum absolute atomic E-state index is 0. The lowest BCUT2D eigenvalue weighted by Crippen LogP contribution is -2.47. The van der Waals surface area contributed by atoms with Gasteiger partial charge in [-0.1, -0.05) is 66.4 Å². The van der Waals surface area contributed by atoms with Crippen molar-refractivity contribution in [1.29, 1.82) is 0 Å². The number of hydrogen-bond donors (Lipinski definition) is 1. The van der Waals surface area contributed by atoms with Crippen LogP contribution in [-0.4, -0.2) is 94.4 Å². The molecule has 2 heterocycles. The van der Waals surface area contributed by atoms with Crippen LogP contribution in [0.15, 0.2) is 48.5 Å². The fourth-order valence-electron chi connectivity index (χ4n) is 6.83. The monoisotopic (exact) mass is 773 g/mol. The molecule has 1 aliphatic carbocycles. The highest BCUT2D eigenvalue weighted by Crippen LogP contribution is 2.35. The van der Waals surface area contributed by atoms with E-state index in [0.29, 0.717) is 37.4 Å². The lowest BCUT2D eigenvalue weighted by molar-refractivity contribution is -0.173. The number of aliphatic hydroxyl groups excluding tert-OH is 1. The molecule has 3 atom stereocenters. The van der Waals surface area contributed by atoms with Crippen LogP contribution in [0.2, 0.25) is 0 Å². The summed E-state index contributed by atoms with van der Waals surface area (Å²) in [6, 6.07) is 14.9. The van der Waals surface area contributed by atoms with Crippen molar-refractivity contribution >= 4 is 36.3 Å². The Morgan fingerprint density at radius 1 is 0.741 bits per heavy atom. The molecule has 0 radical (unpaired) electrons. The highest BCUT2D eigenvalue weighted by molar-refractivity contribution is 6.01. The Bertz CT molecular complexity index is 1530. The summed E-state index contributed by atoms with van der Waals surface area (Å²) >= 11 is 0. The first-order chi connectivity index (χ1) is 24.8. The Hall–Kier alpha value is -3.67. The number of likely N-dealkylation sites (N-methyl/N-ethyl adjacent to an activating group) is 1. The zero-order valence-electron chi connectivity index (χ0n) is 34.1. The molecule has 54 heavy (non-hydrogen) atoms. The van der Waals surface area contributed by atoms with E-state index in [1.807, 2.05) is 58.0 Å². The van der Waals surface area contributed by atoms with Gasteiger partial charge >= 0.3 is 12.2 Å². The summed E-state index contributed by atoms with van der Waals surface area (Å²) in [6.45, 7) is 16.1. The molecule has 3 amide bonds. The lowest BCUT2D eigenvalue weighted by atomic mass is 9.94. The van der Waals surface area contributed by atoms with E-state index in [9.17, 15) is 24.3 Å². The first kappa shape index (κ1) is 46.5. The topological polar surface area (TPSA) is 126 Å². The summed E-state index contributed by atoms with van der Waals surface area (Å²) in [5.74, 6) is 0.278. The van der Waals surface area contributed by atoms with E-state index in [1.54, 1.807) is 31.7 Å². The third kappa shape index (κ3) is 14.2. The van der Waals surface area contributed by atoms with Crippen molar-refractivity contribution < 1.29 is 38.6 Å². The van der Waals surface area contributed by atoms with Gasteiger partial charge < -0.3 is 14.6 Å². The number of amides is 3. The van der Waals surface area contributed by atoms with E-state index in [0.717, 1.165) is 29.0 Å². The summed E-state index contributed by atoms with van der Waals surface area (Å²) in [5.41, 5.74) is 2.94. The first-order valence-corrected chi connectivity index (χ1v) is 19.0. The quantitative estimate of drug-likeness (QED) is 0.229. The molecule has 12 heteroatoms. The number of ether oxygens (including phenoxy) is 2. The van der Waals surface area contributed by atoms with Crippen LogP contribution in [0.3, 0.4) is 0 Å². The fourth-order valence-corrected chi connectivity index (χ4v) is 6.83. The van der Waals surface area contributed by atoms with Gasteiger partial charge in [0.15, 0.2) is 5.78 Å². The average Bonchev–Trinajstić information content (AvgIpc) is 3.89. The van der Waals surface area contributed by atoms with Crippen LogP contribution >= 0.6 is 12.4 Å². The number of likely N-dealkylation sites (tertiary alicyclic amines) is 2. The Kier molecular flexibility index (Phi) is 18.0. The molecule has 2 aromatic carbocycles. The lowest BCUT2D eigenvalue weighted by Gasteiger charge is -2.29. The minimum atomic E-state index is -0.555. The summed E-state index contributed by atoms with van der Waals surface area (Å²) < 4.78 is 10.7. The van der Waals surface area contributed by atoms with Crippen molar-refractivity contribution in [3.8, 4) is 0 Å². The number of carbonyl (C=O) groups is 4. The molecule has 302 valence electrons. The zero-order chi connectivity index (χ0) is 39.5. The number of halogens is 1. The van der Waals surface area contributed by atoms with E-state index in [1.165, 1.54) is 50.3 Å². The molecule has 0 aromatic heterocycles. The molecule has 5 rings (SSSR count). The van der Waals surface area contributed by atoms with E-state index < -0.39 is 35.5 Å². The summed E-state index contributed by atoms with van der Waals surface area (Å²) in [4.78, 5) is 56.7. The van der Waals surface area contributed by atoms with Gasteiger partial charge in [0.2, 0.25) is 0 Å². The Balaban J connectivity index is 0.000000283. The summed E-state index contributed by atoms with van der Waals surface area (Å²) in [7, 11) is 2.96. The number of hydroxylamine groups is 2. The van der Waals surface area contributed by atoms with Crippen LogP contribution in [0.1, 0.15) is 126 Å². The maximum Gasteiger partial charge on any atom is 0.410 e. The number of aryl methyl sites for hydroxylation is 2. The van der Waals surface area contributed by atoms with Gasteiger partial charge in [0.25, 0.3) is 5.91 Å². The fraction of sp³-hybridized carbons (Fsp3) is 0.619. The Morgan fingerprint density at radius 3 is 1.70 bits per heavy atom. The molecule has 0 unspecified atom stereocenters. The Labute approximate surface area is 329 Å². The van der Waals surface area contributed by atoms with E-state index in [4.69, 9.17) is 14.3 Å². The van der Waals surface area contributed by atoms with Crippen LogP contribution < -0.4 is 0 Å². The van der Waals surface area contributed by atoms with Crippen molar-refractivity contribution in [2.45, 2.75) is 136 Å². The predicted molar refractivity (Wildman–Crippen MR) is 213 cm³/mol. The van der Waals surface area contributed by atoms with E-state index >= 15 is 0 Å². The van der Waals surface area contributed by atoms with Crippen LogP contribution in [0.4, 0.5) is 9.59 Å². The largest absolute Gasteiger partial charge is 0.444 e. The van der Waals surface area contributed by atoms with Crippen LogP contribution in [0, 0.1) is 19.8 Å². The second-order valence-electron chi connectivity index (χ2n) is 16.3. The molecule has 3 aliphatic rings. The SMILES string of the molecule is CON(C)C(=O)[C@H]1CCCN1C(=O)OC(C)(C)C.Cc1cccc(C(=O)[C@H]2CCCN2C(=O)OC(C)(C)C)c1.Cc1cccc([C@H](O)C2CCCC2)c1.Cl. The highest BCUT2D eigenvalue weighted by atomic mass is 35.5. The molecule has 2 aromatic rings. The van der Waals surface area contributed by atoms with Gasteiger partial charge in [-0.2, -0.15) is 0 Å². The number of nitrogens with zero attached hydrogens (tertiary/aromatic N) is 3. The van der Waals surface area contributed by atoms with Crippen molar-refractivity contribution in [2.75, 3.05) is 27.2 Å². The zero-order valence-corrected chi connectivity index (χ0v) is 34.9. The molecule has 0 bridgehead atoms. The summed E-state index contributed by atoms with van der Waals surface area (Å²) in [5, 5.41) is 11.3. The smallest absolute Gasteiger partial charge is 0.410 e. The molecule has 2 saturated heterocycles. The average molecular weight is 774 g/mol. The molecule has 1 N–H and O–H groups in total. The van der Waals surface area contributed by atoms with Gasteiger partial charge in [-0.15, -0.1) is 12.4 Å². The van der Waals surface area contributed by atoms with Gasteiger partial charge in [0.05, 0.1) is 19.3 Å². The predicted octanol–water partition coefficient (Wildman–Crippen LogP) is 8.62. The van der Waals surface area contributed by atoms with E-state index in [-0.39, 0.29) is 30.2 Å². The molecule has 3 fully saturated rings. The van der Waals surface area contributed by atoms with Gasteiger partial charge in [-0.3, -0.25) is 24.2 Å². The van der Waals surface area contributed by atoms with Crippen molar-refractivity contribution in [2.24, 2.45) is 5.92 Å². The Morgan fingerprint density at radius 2 is 1.22 bits per heavy atom. The number of carbonyl (C=O) groups excluding carboxylic acids is 4. The second kappa shape index (κ2) is 20.9. The molecule has 1 saturated carbocycles. The third-order valence-corrected chi connectivity index (χ3v) is 9.47. The van der Waals surface area contributed by atoms with Crippen molar-refractivity contribution in [3.05, 3.63) is 70.8 Å². The van der Waals surface area contributed by atoms with Gasteiger partial charge in [-0.05, 0) is 111 Å². The maximum atomic E-state index is 12.6. The highest BCUT2D eigenvalue weighted by Gasteiger charge is 2.39. The maximum absolute atomic E-state index is 12.6. The van der Waals surface area contributed by atoms with Crippen molar-refractivity contribution in [1.82, 2.24) is 14.9 Å². The number of rotatable bonds is 6. The molecule has 2 aliphatic heterocycles. The molecule has 11 nitrogen and oxygen atoms in total. The second-order valence-corrected chi connectivity index (χ2v) is 16.3. The normalized spacial score (nSPS) is 19.0. The molecule has 0 spiro atoms. The third-order valence-electron chi connectivity index (χ3n) is 9.47. The molecular weight excluding hydrogens is 710 g/mol. The number of Topliss-reactive ketones (excluding diaryl/α,β-unsaturated/α-hetero) is 1. The van der Waals surface area contributed by atoms with Crippen LogP contribution in [0.25, 0.3) is 0 Å². The van der Waals surface area contributed by atoms with Gasteiger partial charge in [0.1, 0.15) is 17.2 Å². The number of hydrogen-bond acceptors (Lipinski definition) is 8. The van der Waals surface area contributed by atoms with E-state index in [2.05, 4.69) is 19.1 Å². The van der Waals surface area contributed by atoms with Crippen LogP contribution in [0.5, 0.6) is 0 Å². The van der Waals surface area contributed by atoms with Crippen molar-refractivity contribution in [3.63, 3.8) is 0 Å². The minimum Gasteiger partial charge on any atom is -0.444 e. The first-order valence-electron chi connectivity index (χ1n) is 19.0. The standard InChI is InChI=1S/C17H23NO3.C13H18O.C12H22N2O4.ClH/c1-12-7-5-8-13(11-12)15(19)14-9-6-10-18(14)16(20)21-17(2,3)4;1-10-5-4-8-12(9-10)13(14)11-6-2-3-7-11;1-12(2,3)18-11(16)14-8-6-7-9(14)10(15)13(4)17-5;/h5,7-8,11,14H,6,9-10H2,1-4H3;4-5,8-9,11,13-14H,2-3,6-7H2,1H3;9H,6-8H2,1-5H3;1H/t14-;13-;9-;/m111./s1. The summed E-state index contributed by atoms with van der Waals surface area (Å²) in [6.07, 6.45) is 6.85. The molecular formula is C42H64ClN3O8. The van der Waals surface area contributed by atoms with Gasteiger partial charge in [0, 0.05) is 25.7 Å². The number of benzene rings is 2. The van der Waals surface area contributed by atoms with Crippen LogP contribution in [-0.2, 0) is 19.1 Å². The number of aliphatic hydroxyl groups is 1. The van der Waals surface area contributed by atoms with Gasteiger partial charge in [-0.25, -0.2) is 14.7 Å². The number of ketones is 1.